The molecule has 4 aliphatic carbocycles. The van der Waals surface area contributed by atoms with Crippen molar-refractivity contribution in [3.05, 3.63) is 29.8 Å². The van der Waals surface area contributed by atoms with Gasteiger partial charge in [0, 0.05) is 10.4 Å². The van der Waals surface area contributed by atoms with Crippen molar-refractivity contribution in [2.45, 2.75) is 54.5 Å². The van der Waals surface area contributed by atoms with Crippen LogP contribution >= 0.6 is 20.2 Å². The zero-order valence-corrected chi connectivity index (χ0v) is 17.3. The number of rotatable bonds is 5. The van der Waals surface area contributed by atoms with E-state index in [1.807, 2.05) is 0 Å². The van der Waals surface area contributed by atoms with E-state index >= 15 is 0 Å². The smallest absolute Gasteiger partial charge is 0.411 e. The molecule has 0 amide bonds. The van der Waals surface area contributed by atoms with Gasteiger partial charge in [-0.3, -0.25) is 0 Å². The Balaban J connectivity index is 1.57. The van der Waals surface area contributed by atoms with Gasteiger partial charge in [0.05, 0.1) is 0 Å². The van der Waals surface area contributed by atoms with Crippen LogP contribution in [0, 0.1) is 17.8 Å². The van der Waals surface area contributed by atoms with Gasteiger partial charge in [0.15, 0.2) is 5.60 Å². The Bertz CT molecular complexity index is 823. The fourth-order valence-electron chi connectivity index (χ4n) is 6.28. The fraction of sp³-hybridized carbons (Fsp3) is 0.684. The van der Waals surface area contributed by atoms with Crippen molar-refractivity contribution in [1.82, 2.24) is 0 Å². The summed E-state index contributed by atoms with van der Waals surface area (Å²) in [5.41, 5.74) is -0.894. The summed E-state index contributed by atoms with van der Waals surface area (Å²) in [5, 5.41) is 0. The number of halogens is 4. The third-order valence-electron chi connectivity index (χ3n) is 6.97. The van der Waals surface area contributed by atoms with Gasteiger partial charge < -0.3 is 19.0 Å². The highest BCUT2D eigenvalue weighted by Gasteiger charge is 2.78. The van der Waals surface area contributed by atoms with E-state index < -0.39 is 32.8 Å². The molecular formula is C19H19ClF3O6P-2. The highest BCUT2D eigenvalue weighted by molar-refractivity contribution is 7.36. The van der Waals surface area contributed by atoms with E-state index in [0.717, 1.165) is 19.3 Å². The summed E-state index contributed by atoms with van der Waals surface area (Å²) < 4.78 is 49.6. The molecule has 1 aromatic rings. The Kier molecular flexibility index (Phi) is 4.88. The lowest BCUT2D eigenvalue weighted by molar-refractivity contribution is -0.650. The van der Waals surface area contributed by atoms with Crippen molar-refractivity contribution in [1.29, 1.82) is 0 Å². The van der Waals surface area contributed by atoms with E-state index in [4.69, 9.17) is 30.6 Å². The van der Waals surface area contributed by atoms with E-state index in [9.17, 15) is 23.0 Å². The lowest BCUT2D eigenvalue weighted by Gasteiger charge is -2.70. The topological polar surface area (TPSA) is 83.0 Å². The van der Waals surface area contributed by atoms with E-state index in [1.165, 1.54) is 24.3 Å². The summed E-state index contributed by atoms with van der Waals surface area (Å²) in [6.45, 7) is -1.53. The summed E-state index contributed by atoms with van der Waals surface area (Å²) >= 11 is 6.81. The third kappa shape index (κ3) is 3.17. The van der Waals surface area contributed by atoms with Crippen LogP contribution < -0.4 is 14.3 Å². The molecule has 3 atom stereocenters. The average molecular weight is 467 g/mol. The van der Waals surface area contributed by atoms with Crippen molar-refractivity contribution in [2.75, 3.05) is 6.61 Å². The van der Waals surface area contributed by atoms with E-state index in [2.05, 4.69) is 0 Å². The van der Waals surface area contributed by atoms with Gasteiger partial charge in [-0.1, -0.05) is 20.7 Å². The molecule has 6 nitrogen and oxygen atoms in total. The molecule has 166 valence electrons. The molecule has 1 spiro atoms. The first-order chi connectivity index (χ1) is 14.1. The summed E-state index contributed by atoms with van der Waals surface area (Å²) in [4.78, 5) is 32.6. The maximum atomic E-state index is 13.1. The van der Waals surface area contributed by atoms with Crippen molar-refractivity contribution in [2.24, 2.45) is 17.8 Å². The Hall–Kier alpha value is -0.670. The molecule has 0 radical (unpaired) electrons. The van der Waals surface area contributed by atoms with Gasteiger partial charge in [0.1, 0.15) is 12.4 Å². The normalized spacial score (nSPS) is 42.0. The lowest BCUT2D eigenvalue weighted by atomic mass is 9.46. The number of alkyl halides is 4. The Morgan fingerprint density at radius 2 is 1.83 bits per heavy atom. The van der Waals surface area contributed by atoms with Gasteiger partial charge in [-0.05, 0) is 62.0 Å². The SMILES string of the molecule is [O-]P([O-])Oc1cccc(C2(OCC(F)(F)F)OOC23C2CC4CC3CC(Cl)(C4)C2)c1. The molecule has 3 unspecified atom stereocenters. The zero-order chi connectivity index (χ0) is 21.4. The number of hydrogen-bond acceptors (Lipinski definition) is 6. The number of hydrogen-bond donors (Lipinski definition) is 0. The molecule has 1 saturated heterocycles. The first-order valence-corrected chi connectivity index (χ1v) is 11.2. The van der Waals surface area contributed by atoms with E-state index in [-0.39, 0.29) is 28.0 Å². The number of ether oxygens (including phenoxy) is 1. The molecule has 6 rings (SSSR count). The van der Waals surface area contributed by atoms with Crippen LogP contribution in [0.25, 0.3) is 0 Å². The standard InChI is InChI=1S/C19H19ClF3O6P/c20-16-7-11-4-13(8-16)18(14(5-11)9-16)19(29-28-18,26-10-17(21,22)23)12-2-1-3-15(6-12)27-30(24)25/h1-3,6,11,13-14H,4-5,7-10H2/q-2. The molecule has 0 N–H and O–H groups in total. The quantitative estimate of drug-likeness (QED) is 0.376. The van der Waals surface area contributed by atoms with Gasteiger partial charge in [-0.2, -0.15) is 18.1 Å². The molecule has 1 aromatic carbocycles. The molecule has 5 fully saturated rings. The monoisotopic (exact) mass is 466 g/mol. The second-order valence-electron chi connectivity index (χ2n) is 8.82. The van der Waals surface area contributed by atoms with Gasteiger partial charge in [0.2, 0.25) is 0 Å². The van der Waals surface area contributed by atoms with Crippen molar-refractivity contribution >= 4 is 20.2 Å². The predicted octanol–water partition coefficient (Wildman–Crippen LogP) is 3.26. The minimum Gasteiger partial charge on any atom is -0.810 e. The Labute approximate surface area is 177 Å². The van der Waals surface area contributed by atoms with E-state index in [0.29, 0.717) is 18.8 Å². The molecule has 0 aromatic heterocycles. The maximum Gasteiger partial charge on any atom is 0.411 e. The van der Waals surface area contributed by atoms with E-state index in [1.54, 1.807) is 0 Å². The van der Waals surface area contributed by atoms with Crippen LogP contribution in [-0.2, 0) is 20.3 Å². The first kappa shape index (κ1) is 21.2. The van der Waals surface area contributed by atoms with Crippen LogP contribution in [0.1, 0.15) is 37.7 Å². The van der Waals surface area contributed by atoms with Crippen LogP contribution in [0.3, 0.4) is 0 Å². The fourth-order valence-corrected chi connectivity index (χ4v) is 7.16. The predicted molar refractivity (Wildman–Crippen MR) is 94.7 cm³/mol. The second-order valence-corrected chi connectivity index (χ2v) is 10.2. The summed E-state index contributed by atoms with van der Waals surface area (Å²) in [7, 11) is -3.19. The molecular weight excluding hydrogens is 448 g/mol. The van der Waals surface area contributed by atoms with Gasteiger partial charge in [-0.15, -0.1) is 11.6 Å². The minimum atomic E-state index is -4.58. The molecule has 5 aliphatic rings. The summed E-state index contributed by atoms with van der Waals surface area (Å²) in [5.74, 6) is -1.74. The van der Waals surface area contributed by atoms with Gasteiger partial charge >= 0.3 is 6.18 Å². The molecule has 4 saturated carbocycles. The summed E-state index contributed by atoms with van der Waals surface area (Å²) in [6.07, 6.45) is -0.939. The Morgan fingerprint density at radius 3 is 2.37 bits per heavy atom. The number of benzene rings is 1. The second kappa shape index (κ2) is 6.91. The molecule has 1 aliphatic heterocycles. The molecule has 4 bridgehead atoms. The van der Waals surface area contributed by atoms with Gasteiger partial charge in [0.25, 0.3) is 5.79 Å². The largest absolute Gasteiger partial charge is 0.810 e. The minimum absolute atomic E-state index is 0.0399. The van der Waals surface area contributed by atoms with Crippen molar-refractivity contribution in [3.8, 4) is 5.75 Å². The highest BCUT2D eigenvalue weighted by atomic mass is 35.5. The maximum absolute atomic E-state index is 13.1. The molecule has 1 heterocycles. The average Bonchev–Trinajstić information content (AvgIpc) is 2.58. The zero-order valence-electron chi connectivity index (χ0n) is 15.7. The van der Waals surface area contributed by atoms with Crippen LogP contribution in [0.4, 0.5) is 13.2 Å². The van der Waals surface area contributed by atoms with Crippen LogP contribution in [-0.4, -0.2) is 23.3 Å². The highest BCUT2D eigenvalue weighted by Crippen LogP contribution is 2.71. The van der Waals surface area contributed by atoms with Crippen LogP contribution in [0.5, 0.6) is 5.75 Å². The summed E-state index contributed by atoms with van der Waals surface area (Å²) in [6, 6.07) is 5.74. The molecule has 30 heavy (non-hydrogen) atoms. The lowest BCUT2D eigenvalue weighted by Crippen LogP contribution is -2.78. The van der Waals surface area contributed by atoms with Crippen molar-refractivity contribution < 1.29 is 42.0 Å². The van der Waals surface area contributed by atoms with Gasteiger partial charge in [-0.25, -0.2) is 4.89 Å². The Morgan fingerprint density at radius 1 is 1.13 bits per heavy atom. The third-order valence-corrected chi connectivity index (χ3v) is 7.79. The van der Waals surface area contributed by atoms with Crippen LogP contribution in [0.15, 0.2) is 24.3 Å². The molecule has 11 heteroatoms. The first-order valence-electron chi connectivity index (χ1n) is 9.75. The van der Waals surface area contributed by atoms with Crippen LogP contribution in [0.2, 0.25) is 0 Å². The van der Waals surface area contributed by atoms with Crippen molar-refractivity contribution in [3.63, 3.8) is 0 Å².